The number of halogens is 1. The smallest absolute Gasteiger partial charge is 0.253 e. The minimum absolute atomic E-state index is 0.159. The number of rotatable bonds is 8. The van der Waals surface area contributed by atoms with E-state index >= 15 is 0 Å². The maximum atomic E-state index is 13.7. The molecule has 6 rings (SSSR count). The summed E-state index contributed by atoms with van der Waals surface area (Å²) in [4.78, 5) is 19.0. The predicted molar refractivity (Wildman–Crippen MR) is 146 cm³/mol. The van der Waals surface area contributed by atoms with Gasteiger partial charge in [-0.05, 0) is 83.6 Å². The number of hydrogen-bond donors (Lipinski definition) is 1. The van der Waals surface area contributed by atoms with E-state index in [0.29, 0.717) is 29.5 Å². The SMILES string of the molecule is Cc1ccc2[nH]c(=O)c(C(c3nnnn3C3CCCC3)N(Cc3ccc(Cl)cc3)Cc3ccco3)cc2c1. The number of aryl methyl sites for hydroxylation is 1. The van der Waals surface area contributed by atoms with Gasteiger partial charge in [-0.15, -0.1) is 5.10 Å². The first kappa shape index (κ1) is 24.6. The molecule has 2 aromatic carbocycles. The number of aromatic nitrogens is 5. The zero-order chi connectivity index (χ0) is 26.1. The summed E-state index contributed by atoms with van der Waals surface area (Å²) in [5, 5.41) is 14.7. The molecule has 0 amide bonds. The molecule has 1 N–H and O–H groups in total. The van der Waals surface area contributed by atoms with Crippen LogP contribution < -0.4 is 5.56 Å². The number of aromatic amines is 1. The van der Waals surface area contributed by atoms with E-state index in [2.05, 4.69) is 31.5 Å². The van der Waals surface area contributed by atoms with Crippen LogP contribution in [0.5, 0.6) is 0 Å². The summed E-state index contributed by atoms with van der Waals surface area (Å²) in [5.41, 5.74) is 3.41. The Balaban J connectivity index is 1.53. The van der Waals surface area contributed by atoms with Gasteiger partial charge in [0.1, 0.15) is 11.8 Å². The predicted octanol–water partition coefficient (Wildman–Crippen LogP) is 5.98. The summed E-state index contributed by atoms with van der Waals surface area (Å²) in [6.07, 6.45) is 6.00. The highest BCUT2D eigenvalue weighted by molar-refractivity contribution is 6.30. The molecule has 3 heterocycles. The zero-order valence-electron chi connectivity index (χ0n) is 21.2. The van der Waals surface area contributed by atoms with Crippen LogP contribution in [0.15, 0.2) is 76.1 Å². The first-order valence-corrected chi connectivity index (χ1v) is 13.4. The lowest BCUT2D eigenvalue weighted by Gasteiger charge is -2.31. The van der Waals surface area contributed by atoms with E-state index in [0.717, 1.165) is 53.5 Å². The molecule has 1 aliphatic rings. The van der Waals surface area contributed by atoms with Crippen LogP contribution >= 0.6 is 11.6 Å². The van der Waals surface area contributed by atoms with Crippen LogP contribution in [-0.4, -0.2) is 30.1 Å². The van der Waals surface area contributed by atoms with Crippen molar-refractivity contribution in [1.82, 2.24) is 30.1 Å². The van der Waals surface area contributed by atoms with Gasteiger partial charge in [0.05, 0.1) is 18.8 Å². The quantitative estimate of drug-likeness (QED) is 0.266. The number of hydrogen-bond acceptors (Lipinski definition) is 6. The monoisotopic (exact) mass is 528 g/mol. The summed E-state index contributed by atoms with van der Waals surface area (Å²) in [6, 6.07) is 19.3. The van der Waals surface area contributed by atoms with Gasteiger partial charge in [0.15, 0.2) is 5.82 Å². The molecule has 1 saturated carbocycles. The van der Waals surface area contributed by atoms with E-state index in [9.17, 15) is 4.79 Å². The van der Waals surface area contributed by atoms with Crippen LogP contribution in [-0.2, 0) is 13.1 Å². The maximum Gasteiger partial charge on any atom is 0.253 e. The lowest BCUT2D eigenvalue weighted by atomic mass is 10.0. The van der Waals surface area contributed by atoms with Gasteiger partial charge in [-0.1, -0.05) is 48.2 Å². The zero-order valence-corrected chi connectivity index (χ0v) is 21.9. The first-order valence-electron chi connectivity index (χ1n) is 13.0. The Labute approximate surface area is 225 Å². The number of H-pyrrole nitrogens is 1. The molecule has 9 heteroatoms. The third-order valence-corrected chi connectivity index (χ3v) is 7.61. The molecule has 0 radical (unpaired) electrons. The second-order valence-electron chi connectivity index (χ2n) is 10.1. The van der Waals surface area contributed by atoms with Crippen LogP contribution in [0.25, 0.3) is 10.9 Å². The molecular formula is C29H29ClN6O2. The van der Waals surface area contributed by atoms with E-state index < -0.39 is 6.04 Å². The molecule has 1 aliphatic carbocycles. The molecule has 3 aromatic heterocycles. The fourth-order valence-corrected chi connectivity index (χ4v) is 5.63. The largest absolute Gasteiger partial charge is 0.468 e. The van der Waals surface area contributed by atoms with E-state index in [4.69, 9.17) is 16.0 Å². The molecule has 8 nitrogen and oxygen atoms in total. The number of nitrogens with one attached hydrogen (secondary N) is 1. The Kier molecular flexibility index (Phi) is 6.82. The molecule has 0 aliphatic heterocycles. The van der Waals surface area contributed by atoms with Crippen LogP contribution in [0.1, 0.15) is 66.0 Å². The van der Waals surface area contributed by atoms with E-state index in [1.165, 1.54) is 0 Å². The van der Waals surface area contributed by atoms with E-state index in [1.54, 1.807) is 6.26 Å². The van der Waals surface area contributed by atoms with Gasteiger partial charge in [0, 0.05) is 22.6 Å². The average molecular weight is 529 g/mol. The number of nitrogens with zero attached hydrogens (tertiary/aromatic N) is 5. The highest BCUT2D eigenvalue weighted by atomic mass is 35.5. The van der Waals surface area contributed by atoms with Gasteiger partial charge < -0.3 is 9.40 Å². The van der Waals surface area contributed by atoms with Crippen molar-refractivity contribution in [3.63, 3.8) is 0 Å². The summed E-state index contributed by atoms with van der Waals surface area (Å²) in [5.74, 6) is 1.45. The van der Waals surface area contributed by atoms with Gasteiger partial charge >= 0.3 is 0 Å². The second kappa shape index (κ2) is 10.6. The number of pyridine rings is 1. The Hall–Kier alpha value is -3.75. The van der Waals surface area contributed by atoms with Gasteiger partial charge in [-0.2, -0.15) is 0 Å². The highest BCUT2D eigenvalue weighted by Crippen LogP contribution is 2.35. The molecule has 1 unspecified atom stereocenters. The van der Waals surface area contributed by atoms with Crippen molar-refractivity contribution in [1.29, 1.82) is 0 Å². The van der Waals surface area contributed by atoms with Gasteiger partial charge in [0.2, 0.25) is 0 Å². The Bertz CT molecular complexity index is 1590. The van der Waals surface area contributed by atoms with Crippen molar-refractivity contribution in [3.05, 3.63) is 111 Å². The maximum absolute atomic E-state index is 13.7. The standard InChI is InChI=1S/C29H29ClN6O2/c1-19-8-13-26-21(15-19)16-25(29(37)31-26)27(28-32-33-34-36(28)23-5-2-3-6-23)35(18-24-7-4-14-38-24)17-20-9-11-22(30)12-10-20/h4,7-16,23,27H,2-3,5-6,17-18H2,1H3,(H,31,37). The van der Waals surface area contributed by atoms with Crippen molar-refractivity contribution >= 4 is 22.5 Å². The van der Waals surface area contributed by atoms with Gasteiger partial charge in [-0.3, -0.25) is 9.69 Å². The Morgan fingerprint density at radius 3 is 2.68 bits per heavy atom. The number of benzene rings is 2. The highest BCUT2D eigenvalue weighted by Gasteiger charge is 2.33. The molecule has 1 fully saturated rings. The summed E-state index contributed by atoms with van der Waals surface area (Å²) >= 11 is 6.18. The van der Waals surface area contributed by atoms with Crippen LogP contribution in [0.2, 0.25) is 5.02 Å². The van der Waals surface area contributed by atoms with Crippen molar-refractivity contribution < 1.29 is 4.42 Å². The Morgan fingerprint density at radius 2 is 1.92 bits per heavy atom. The molecule has 1 atom stereocenters. The summed E-state index contributed by atoms with van der Waals surface area (Å²) in [6.45, 7) is 3.04. The lowest BCUT2D eigenvalue weighted by molar-refractivity contribution is 0.176. The number of tetrazole rings is 1. The minimum atomic E-state index is -0.514. The van der Waals surface area contributed by atoms with Crippen molar-refractivity contribution in [2.75, 3.05) is 0 Å². The molecule has 0 saturated heterocycles. The molecule has 194 valence electrons. The third kappa shape index (κ3) is 5.01. The normalized spacial score (nSPS) is 15.0. The summed E-state index contributed by atoms with van der Waals surface area (Å²) < 4.78 is 7.70. The fraction of sp³-hybridized carbons (Fsp3) is 0.310. The van der Waals surface area contributed by atoms with Crippen molar-refractivity contribution in [2.24, 2.45) is 0 Å². The molecule has 0 bridgehead atoms. The number of fused-ring (bicyclic) bond motifs is 1. The first-order chi connectivity index (χ1) is 18.5. The van der Waals surface area contributed by atoms with Gasteiger partial charge in [0.25, 0.3) is 5.56 Å². The molecule has 38 heavy (non-hydrogen) atoms. The van der Waals surface area contributed by atoms with Crippen molar-refractivity contribution in [3.8, 4) is 0 Å². The van der Waals surface area contributed by atoms with Crippen LogP contribution in [0.3, 0.4) is 0 Å². The third-order valence-electron chi connectivity index (χ3n) is 7.36. The minimum Gasteiger partial charge on any atom is -0.468 e. The van der Waals surface area contributed by atoms with E-state index in [1.807, 2.05) is 66.2 Å². The van der Waals surface area contributed by atoms with Crippen LogP contribution in [0.4, 0.5) is 0 Å². The lowest BCUT2D eigenvalue weighted by Crippen LogP contribution is -2.35. The molecule has 5 aromatic rings. The van der Waals surface area contributed by atoms with Gasteiger partial charge in [-0.25, -0.2) is 4.68 Å². The van der Waals surface area contributed by atoms with E-state index in [-0.39, 0.29) is 11.6 Å². The van der Waals surface area contributed by atoms with Crippen molar-refractivity contribution in [2.45, 2.75) is 57.8 Å². The molecular weight excluding hydrogens is 500 g/mol. The molecule has 0 spiro atoms. The average Bonchev–Trinajstić information content (AvgIpc) is 3.69. The Morgan fingerprint density at radius 1 is 1.11 bits per heavy atom. The van der Waals surface area contributed by atoms with Crippen LogP contribution in [0, 0.1) is 6.92 Å². The summed E-state index contributed by atoms with van der Waals surface area (Å²) in [7, 11) is 0. The number of furan rings is 1. The second-order valence-corrected chi connectivity index (χ2v) is 10.5. The fourth-order valence-electron chi connectivity index (χ4n) is 5.50. The topological polar surface area (TPSA) is 92.8 Å².